The molecule has 0 aromatic carbocycles. The maximum Gasteiger partial charge on any atom is 0.306 e. The minimum absolute atomic E-state index is 0.108. The molecule has 6 nitrogen and oxygen atoms in total. The van der Waals surface area contributed by atoms with Crippen molar-refractivity contribution in [2.75, 3.05) is 13.2 Å². The highest BCUT2D eigenvalue weighted by atomic mass is 16.6. The summed E-state index contributed by atoms with van der Waals surface area (Å²) in [6, 6.07) is 0. The van der Waals surface area contributed by atoms with Gasteiger partial charge in [-0.3, -0.25) is 14.4 Å². The molecule has 0 aliphatic carbocycles. The van der Waals surface area contributed by atoms with Crippen LogP contribution in [0.4, 0.5) is 0 Å². The van der Waals surface area contributed by atoms with Crippen LogP contribution in [0.5, 0.6) is 0 Å². The molecule has 0 fully saturated rings. The zero-order valence-electron chi connectivity index (χ0n) is 45.0. The third-order valence-electron chi connectivity index (χ3n) is 12.1. The number of unbranched alkanes of at least 4 members (excludes halogenated alkanes) is 24. The van der Waals surface area contributed by atoms with Gasteiger partial charge in [-0.2, -0.15) is 0 Å². The van der Waals surface area contributed by atoms with Crippen LogP contribution >= 0.6 is 0 Å². The molecular weight excluding hydrogens is 853 g/mol. The summed E-state index contributed by atoms with van der Waals surface area (Å²) in [4.78, 5) is 38.1. The molecule has 0 radical (unpaired) electrons. The van der Waals surface area contributed by atoms with Crippen molar-refractivity contribution in [3.8, 4) is 0 Å². The van der Waals surface area contributed by atoms with Crippen LogP contribution in [0.2, 0.25) is 0 Å². The lowest BCUT2D eigenvalue weighted by atomic mass is 10.0. The van der Waals surface area contributed by atoms with Gasteiger partial charge < -0.3 is 14.2 Å². The molecule has 0 aliphatic heterocycles. The quantitative estimate of drug-likeness (QED) is 0.0262. The molecule has 394 valence electrons. The van der Waals surface area contributed by atoms with Crippen LogP contribution in [0.25, 0.3) is 0 Å². The van der Waals surface area contributed by atoms with E-state index in [-0.39, 0.29) is 37.5 Å². The van der Waals surface area contributed by atoms with Crippen molar-refractivity contribution in [1.29, 1.82) is 0 Å². The van der Waals surface area contributed by atoms with Gasteiger partial charge in [0.15, 0.2) is 6.10 Å². The smallest absolute Gasteiger partial charge is 0.306 e. The van der Waals surface area contributed by atoms with Crippen LogP contribution in [0, 0.1) is 0 Å². The average molecular weight is 960 g/mol. The predicted octanol–water partition coefficient (Wildman–Crippen LogP) is 19.3. The van der Waals surface area contributed by atoms with Gasteiger partial charge in [0.2, 0.25) is 0 Å². The number of carbonyl (C=O) groups excluding carboxylic acids is 3. The van der Waals surface area contributed by atoms with Crippen LogP contribution in [0.3, 0.4) is 0 Å². The fourth-order valence-electron chi connectivity index (χ4n) is 7.78. The normalized spacial score (nSPS) is 12.8. The lowest BCUT2D eigenvalue weighted by Crippen LogP contribution is -2.30. The third kappa shape index (κ3) is 55.1. The van der Waals surface area contributed by atoms with Gasteiger partial charge >= 0.3 is 17.9 Å². The van der Waals surface area contributed by atoms with E-state index < -0.39 is 6.10 Å². The summed E-state index contributed by atoms with van der Waals surface area (Å²) in [5, 5.41) is 0. The van der Waals surface area contributed by atoms with Gasteiger partial charge in [-0.1, -0.05) is 246 Å². The summed E-state index contributed by atoms with van der Waals surface area (Å²) in [7, 11) is 0. The fourth-order valence-corrected chi connectivity index (χ4v) is 7.78. The standard InChI is InChI=1S/C63H106O6/c1-4-7-10-13-16-19-22-25-28-31-33-35-38-41-44-47-50-53-56-62(65)68-59-60(58-67-61(64)55-52-49-46-43-40-37-34-30-27-24-21-18-15-12-9-6-3)69-63(66)57-54-51-48-45-42-39-36-32-29-26-23-20-17-14-11-8-5-2/h9,12,17-18,20-21,26-27,29-30,36-37,39-40,45,48,60H,4-8,10-11,13-16,19,22-25,28,31-35,38,41-44,46-47,49-59H2,1-3H3/b12-9-,20-17-,21-18-,29-26-,30-27-,39-36-,40-37-,48-45-. The average Bonchev–Trinajstić information content (AvgIpc) is 3.35. The predicted molar refractivity (Wildman–Crippen MR) is 297 cm³/mol. The molecule has 0 aromatic rings. The highest BCUT2D eigenvalue weighted by Crippen LogP contribution is 2.15. The molecule has 0 aromatic heterocycles. The number of rotatable bonds is 51. The Kier molecular flexibility index (Phi) is 53.9. The van der Waals surface area contributed by atoms with E-state index in [4.69, 9.17) is 14.2 Å². The maximum absolute atomic E-state index is 12.8. The van der Waals surface area contributed by atoms with E-state index in [0.29, 0.717) is 19.3 Å². The van der Waals surface area contributed by atoms with E-state index in [2.05, 4.69) is 118 Å². The SMILES string of the molecule is CC/C=C\C/C=C\C/C=C\C/C=C\CCCCCC(=O)OCC(COC(=O)CCCCCCCCCCCCCCCCCCCC)OC(=O)CCC/C=C\C/C=C\C/C=C\C/C=C\CCCCC. The topological polar surface area (TPSA) is 78.9 Å². The van der Waals surface area contributed by atoms with Crippen molar-refractivity contribution in [3.05, 3.63) is 97.2 Å². The molecular formula is C63H106O6. The molecule has 1 atom stereocenters. The maximum atomic E-state index is 12.8. The first-order valence-corrected chi connectivity index (χ1v) is 28.7. The van der Waals surface area contributed by atoms with Crippen molar-refractivity contribution in [1.82, 2.24) is 0 Å². The molecule has 1 unspecified atom stereocenters. The van der Waals surface area contributed by atoms with Gasteiger partial charge in [0.25, 0.3) is 0 Å². The van der Waals surface area contributed by atoms with Gasteiger partial charge in [0.05, 0.1) is 0 Å². The molecule has 0 N–H and O–H groups in total. The molecule has 0 aliphatic rings. The Balaban J connectivity index is 4.50. The highest BCUT2D eigenvalue weighted by molar-refractivity contribution is 5.71. The number of hydrogen-bond acceptors (Lipinski definition) is 6. The Morgan fingerprint density at radius 3 is 0.957 bits per heavy atom. The van der Waals surface area contributed by atoms with Crippen molar-refractivity contribution >= 4 is 17.9 Å². The Hall–Kier alpha value is -3.67. The molecule has 0 bridgehead atoms. The Bertz CT molecular complexity index is 1380. The zero-order valence-corrected chi connectivity index (χ0v) is 45.0. The van der Waals surface area contributed by atoms with E-state index in [1.807, 2.05) is 0 Å². The fraction of sp³-hybridized carbons (Fsp3) is 0.698. The zero-order chi connectivity index (χ0) is 50.0. The van der Waals surface area contributed by atoms with Gasteiger partial charge in [-0.05, 0) is 96.3 Å². The van der Waals surface area contributed by atoms with Gasteiger partial charge in [-0.15, -0.1) is 0 Å². The van der Waals surface area contributed by atoms with Crippen molar-refractivity contribution < 1.29 is 28.6 Å². The number of ether oxygens (including phenoxy) is 3. The first-order valence-electron chi connectivity index (χ1n) is 28.7. The minimum Gasteiger partial charge on any atom is -0.462 e. The largest absolute Gasteiger partial charge is 0.462 e. The summed E-state index contributed by atoms with van der Waals surface area (Å²) >= 11 is 0. The minimum atomic E-state index is -0.819. The summed E-state index contributed by atoms with van der Waals surface area (Å²) < 4.78 is 16.8. The van der Waals surface area contributed by atoms with E-state index in [0.717, 1.165) is 96.3 Å². The van der Waals surface area contributed by atoms with E-state index in [9.17, 15) is 14.4 Å². The highest BCUT2D eigenvalue weighted by Gasteiger charge is 2.19. The van der Waals surface area contributed by atoms with Crippen molar-refractivity contribution in [2.24, 2.45) is 0 Å². The van der Waals surface area contributed by atoms with Crippen LogP contribution in [0.15, 0.2) is 97.2 Å². The molecule has 0 saturated heterocycles. The second-order valence-electron chi connectivity index (χ2n) is 18.8. The summed E-state index contributed by atoms with van der Waals surface area (Å²) in [5.41, 5.74) is 0. The monoisotopic (exact) mass is 959 g/mol. The van der Waals surface area contributed by atoms with Crippen molar-refractivity contribution in [2.45, 2.75) is 271 Å². The Morgan fingerprint density at radius 2 is 0.580 bits per heavy atom. The Labute approximate surface area is 426 Å². The third-order valence-corrected chi connectivity index (χ3v) is 12.1. The molecule has 69 heavy (non-hydrogen) atoms. The second kappa shape index (κ2) is 56.9. The van der Waals surface area contributed by atoms with Gasteiger partial charge in [0, 0.05) is 19.3 Å². The summed E-state index contributed by atoms with van der Waals surface area (Å²) in [6.07, 6.45) is 75.5. The molecule has 0 heterocycles. The van der Waals surface area contributed by atoms with Crippen LogP contribution < -0.4 is 0 Å². The first kappa shape index (κ1) is 65.3. The van der Waals surface area contributed by atoms with Gasteiger partial charge in [-0.25, -0.2) is 0 Å². The molecule has 0 spiro atoms. The molecule has 0 amide bonds. The number of hydrogen-bond donors (Lipinski definition) is 0. The lowest BCUT2D eigenvalue weighted by Gasteiger charge is -2.18. The van der Waals surface area contributed by atoms with Gasteiger partial charge in [0.1, 0.15) is 13.2 Å². The number of esters is 3. The molecule has 0 rings (SSSR count). The molecule has 0 saturated carbocycles. The summed E-state index contributed by atoms with van der Waals surface area (Å²) in [5.74, 6) is -0.993. The van der Waals surface area contributed by atoms with Crippen LogP contribution in [-0.2, 0) is 28.6 Å². The lowest BCUT2D eigenvalue weighted by molar-refractivity contribution is -0.167. The van der Waals surface area contributed by atoms with E-state index in [1.54, 1.807) is 0 Å². The number of allylic oxidation sites excluding steroid dienone is 16. The van der Waals surface area contributed by atoms with Crippen molar-refractivity contribution in [3.63, 3.8) is 0 Å². The Morgan fingerprint density at radius 1 is 0.304 bits per heavy atom. The number of carbonyl (C=O) groups is 3. The summed E-state index contributed by atoms with van der Waals surface area (Å²) in [6.45, 7) is 6.44. The van der Waals surface area contributed by atoms with E-state index in [1.165, 1.54) is 122 Å². The van der Waals surface area contributed by atoms with E-state index >= 15 is 0 Å². The van der Waals surface area contributed by atoms with Crippen LogP contribution in [0.1, 0.15) is 265 Å². The first-order chi connectivity index (χ1) is 34.0. The molecule has 6 heteroatoms. The van der Waals surface area contributed by atoms with Crippen LogP contribution in [-0.4, -0.2) is 37.2 Å². The second-order valence-corrected chi connectivity index (χ2v) is 18.8.